The second-order valence-corrected chi connectivity index (χ2v) is 6.21. The van der Waals surface area contributed by atoms with Crippen molar-refractivity contribution in [1.29, 1.82) is 0 Å². The lowest BCUT2D eigenvalue weighted by atomic mass is 10.1. The zero-order valence-corrected chi connectivity index (χ0v) is 14.0. The molecule has 5 nitrogen and oxygen atoms in total. The Morgan fingerprint density at radius 2 is 2.29 bits per heavy atom. The number of likely N-dealkylation sites (tertiary alicyclic amines) is 1. The molecule has 1 aliphatic rings. The van der Waals surface area contributed by atoms with Gasteiger partial charge in [-0.05, 0) is 31.0 Å². The molecule has 1 fully saturated rings. The number of rotatable bonds is 5. The summed E-state index contributed by atoms with van der Waals surface area (Å²) in [5, 5.41) is 0. The molecular formula is C18H22FN3O2. The van der Waals surface area contributed by atoms with Crippen molar-refractivity contribution in [3.8, 4) is 0 Å². The van der Waals surface area contributed by atoms with Crippen LogP contribution in [-0.2, 0) is 22.6 Å². The van der Waals surface area contributed by atoms with Crippen LogP contribution >= 0.6 is 0 Å². The summed E-state index contributed by atoms with van der Waals surface area (Å²) in [5.41, 5.74) is 1.79. The van der Waals surface area contributed by atoms with E-state index in [1.165, 1.54) is 12.1 Å². The fourth-order valence-electron chi connectivity index (χ4n) is 3.34. The first-order chi connectivity index (χ1) is 11.6. The monoisotopic (exact) mass is 331 g/mol. The van der Waals surface area contributed by atoms with Crippen LogP contribution in [0.15, 0.2) is 30.5 Å². The highest BCUT2D eigenvalue weighted by atomic mass is 19.1. The molecule has 0 saturated carbocycles. The van der Waals surface area contributed by atoms with Crippen molar-refractivity contribution in [2.75, 3.05) is 20.2 Å². The largest absolute Gasteiger partial charge is 0.377 e. The van der Waals surface area contributed by atoms with Crippen molar-refractivity contribution in [1.82, 2.24) is 14.5 Å². The van der Waals surface area contributed by atoms with Gasteiger partial charge in [0, 0.05) is 32.1 Å². The van der Waals surface area contributed by atoms with E-state index in [-0.39, 0.29) is 24.2 Å². The van der Waals surface area contributed by atoms with Crippen molar-refractivity contribution < 1.29 is 13.9 Å². The second kappa shape index (κ2) is 7.13. The third kappa shape index (κ3) is 3.48. The van der Waals surface area contributed by atoms with E-state index in [0.717, 1.165) is 17.9 Å². The minimum Gasteiger partial charge on any atom is -0.377 e. The summed E-state index contributed by atoms with van der Waals surface area (Å²) >= 11 is 0. The first-order valence-electron chi connectivity index (χ1n) is 8.12. The van der Waals surface area contributed by atoms with Crippen LogP contribution in [0.5, 0.6) is 0 Å². The van der Waals surface area contributed by atoms with Gasteiger partial charge in [-0.3, -0.25) is 4.79 Å². The van der Waals surface area contributed by atoms with E-state index in [4.69, 9.17) is 4.74 Å². The second-order valence-electron chi connectivity index (χ2n) is 6.21. The molecule has 3 rings (SSSR count). The van der Waals surface area contributed by atoms with Gasteiger partial charge in [-0.2, -0.15) is 0 Å². The van der Waals surface area contributed by atoms with Gasteiger partial charge >= 0.3 is 0 Å². The zero-order valence-electron chi connectivity index (χ0n) is 14.0. The Bertz CT molecular complexity index is 729. The number of aryl methyl sites for hydroxylation is 1. The number of imidazole rings is 1. The maximum Gasteiger partial charge on any atom is 0.227 e. The Kier molecular flexibility index (Phi) is 4.94. The molecule has 0 spiro atoms. The molecule has 1 aliphatic heterocycles. The van der Waals surface area contributed by atoms with Gasteiger partial charge in [0.05, 0.1) is 12.5 Å². The molecule has 24 heavy (non-hydrogen) atoms. The van der Waals surface area contributed by atoms with E-state index >= 15 is 0 Å². The normalized spacial score (nSPS) is 17.5. The topological polar surface area (TPSA) is 47.4 Å². The Morgan fingerprint density at radius 3 is 3.04 bits per heavy atom. The number of halogens is 1. The molecule has 1 aromatic heterocycles. The van der Waals surface area contributed by atoms with Crippen molar-refractivity contribution >= 4 is 5.91 Å². The van der Waals surface area contributed by atoms with Crippen LogP contribution < -0.4 is 0 Å². The smallest absolute Gasteiger partial charge is 0.227 e. The standard InChI is InChI=1S/C18H22FN3O2/c1-13-10-20-17(12-24-2)22(13)16-6-7-21(11-16)18(23)9-14-4-3-5-15(19)8-14/h3-5,8,10,16H,6-7,9,11-12H2,1-2H3. The van der Waals surface area contributed by atoms with E-state index in [1.54, 1.807) is 19.2 Å². The summed E-state index contributed by atoms with van der Waals surface area (Å²) in [4.78, 5) is 18.7. The number of carbonyl (C=O) groups is 1. The highest BCUT2D eigenvalue weighted by Gasteiger charge is 2.29. The van der Waals surface area contributed by atoms with Gasteiger partial charge < -0.3 is 14.2 Å². The van der Waals surface area contributed by atoms with Crippen LogP contribution in [-0.4, -0.2) is 40.6 Å². The number of aromatic nitrogens is 2. The number of benzene rings is 1. The summed E-state index contributed by atoms with van der Waals surface area (Å²) < 4.78 is 20.6. The third-order valence-electron chi connectivity index (χ3n) is 4.46. The summed E-state index contributed by atoms with van der Waals surface area (Å²) in [6.45, 7) is 3.84. The molecule has 0 aliphatic carbocycles. The summed E-state index contributed by atoms with van der Waals surface area (Å²) in [7, 11) is 1.65. The van der Waals surface area contributed by atoms with Gasteiger partial charge in [0.2, 0.25) is 5.91 Å². The summed E-state index contributed by atoms with van der Waals surface area (Å²) in [6.07, 6.45) is 2.96. The minimum absolute atomic E-state index is 0.0363. The van der Waals surface area contributed by atoms with Crippen LogP contribution in [0.2, 0.25) is 0 Å². The zero-order chi connectivity index (χ0) is 17.1. The molecule has 128 valence electrons. The Morgan fingerprint density at radius 1 is 1.46 bits per heavy atom. The van der Waals surface area contributed by atoms with Crippen LogP contribution in [0.3, 0.4) is 0 Å². The van der Waals surface area contributed by atoms with Crippen molar-refractivity contribution in [2.24, 2.45) is 0 Å². The maximum atomic E-state index is 13.3. The van der Waals surface area contributed by atoms with Crippen LogP contribution in [0, 0.1) is 12.7 Å². The average Bonchev–Trinajstić information content (AvgIpc) is 3.15. The van der Waals surface area contributed by atoms with E-state index in [1.807, 2.05) is 18.0 Å². The molecular weight excluding hydrogens is 309 g/mol. The first-order valence-corrected chi connectivity index (χ1v) is 8.12. The van der Waals surface area contributed by atoms with Crippen LogP contribution in [0.1, 0.15) is 29.5 Å². The van der Waals surface area contributed by atoms with Crippen molar-refractivity contribution in [2.45, 2.75) is 32.4 Å². The third-order valence-corrected chi connectivity index (χ3v) is 4.46. The minimum atomic E-state index is -0.308. The van der Waals surface area contributed by atoms with Gasteiger partial charge in [-0.15, -0.1) is 0 Å². The fraction of sp³-hybridized carbons (Fsp3) is 0.444. The number of ether oxygens (including phenoxy) is 1. The van der Waals surface area contributed by atoms with Gasteiger partial charge in [0.15, 0.2) is 0 Å². The summed E-state index contributed by atoms with van der Waals surface area (Å²) in [5.74, 6) is 0.617. The molecule has 1 unspecified atom stereocenters. The van der Waals surface area contributed by atoms with Crippen molar-refractivity contribution in [3.63, 3.8) is 0 Å². The molecule has 2 aromatic rings. The number of hydrogen-bond donors (Lipinski definition) is 0. The number of hydrogen-bond acceptors (Lipinski definition) is 3. The van der Waals surface area contributed by atoms with Gasteiger partial charge in [-0.1, -0.05) is 12.1 Å². The predicted octanol–water partition coefficient (Wildman–Crippen LogP) is 2.49. The lowest BCUT2D eigenvalue weighted by molar-refractivity contribution is -0.129. The number of amides is 1. The fourth-order valence-corrected chi connectivity index (χ4v) is 3.34. The number of nitrogens with zero attached hydrogens (tertiary/aromatic N) is 3. The van der Waals surface area contributed by atoms with E-state index < -0.39 is 0 Å². The molecule has 2 heterocycles. The van der Waals surface area contributed by atoms with Gasteiger partial charge in [0.25, 0.3) is 0 Å². The quantitative estimate of drug-likeness (QED) is 0.846. The molecule has 0 bridgehead atoms. The molecule has 1 atom stereocenters. The predicted molar refractivity (Wildman–Crippen MR) is 88.0 cm³/mol. The first kappa shape index (κ1) is 16.6. The molecule has 6 heteroatoms. The van der Waals surface area contributed by atoms with E-state index in [9.17, 15) is 9.18 Å². The Labute approximate surface area is 141 Å². The maximum absolute atomic E-state index is 13.3. The number of carbonyl (C=O) groups excluding carboxylic acids is 1. The molecule has 1 saturated heterocycles. The van der Waals surface area contributed by atoms with Crippen LogP contribution in [0.25, 0.3) is 0 Å². The number of methoxy groups -OCH3 is 1. The van der Waals surface area contributed by atoms with E-state index in [2.05, 4.69) is 9.55 Å². The molecule has 0 N–H and O–H groups in total. The molecule has 1 aromatic carbocycles. The SMILES string of the molecule is COCc1ncc(C)n1C1CCN(C(=O)Cc2cccc(F)c2)C1. The average molecular weight is 331 g/mol. The Hall–Kier alpha value is -2.21. The Balaban J connectivity index is 1.67. The summed E-state index contributed by atoms with van der Waals surface area (Å²) in [6, 6.07) is 6.44. The van der Waals surface area contributed by atoms with Crippen LogP contribution in [0.4, 0.5) is 4.39 Å². The molecule has 0 radical (unpaired) electrons. The van der Waals surface area contributed by atoms with Gasteiger partial charge in [0.1, 0.15) is 18.2 Å². The molecule has 1 amide bonds. The van der Waals surface area contributed by atoms with E-state index in [0.29, 0.717) is 25.3 Å². The lowest BCUT2D eigenvalue weighted by Crippen LogP contribution is -2.30. The highest BCUT2D eigenvalue weighted by Crippen LogP contribution is 2.25. The van der Waals surface area contributed by atoms with Crippen molar-refractivity contribution in [3.05, 3.63) is 53.4 Å². The highest BCUT2D eigenvalue weighted by molar-refractivity contribution is 5.79. The van der Waals surface area contributed by atoms with Gasteiger partial charge in [-0.25, -0.2) is 9.37 Å². The lowest BCUT2D eigenvalue weighted by Gasteiger charge is -2.19.